The number of hydrogen-bond acceptors (Lipinski definition) is 3. The van der Waals surface area contributed by atoms with Gasteiger partial charge >= 0.3 is 12.0 Å². The molecule has 0 radical (unpaired) electrons. The molecule has 0 aromatic heterocycles. The fourth-order valence-electron chi connectivity index (χ4n) is 2.55. The summed E-state index contributed by atoms with van der Waals surface area (Å²) < 4.78 is 0. The van der Waals surface area contributed by atoms with Gasteiger partial charge in [0.25, 0.3) is 0 Å². The molecule has 0 bridgehead atoms. The third kappa shape index (κ3) is 4.58. The molecular formula is C14H26N2O3S. The maximum atomic E-state index is 12.4. The van der Waals surface area contributed by atoms with Crippen molar-refractivity contribution in [2.75, 3.05) is 5.75 Å². The van der Waals surface area contributed by atoms with Crippen LogP contribution in [0.4, 0.5) is 4.79 Å². The molecule has 0 spiro atoms. The second kappa shape index (κ2) is 7.76. The fraction of sp³-hybridized carbons (Fsp3) is 0.857. The van der Waals surface area contributed by atoms with Crippen molar-refractivity contribution in [3.05, 3.63) is 0 Å². The van der Waals surface area contributed by atoms with Crippen molar-refractivity contribution in [3.63, 3.8) is 0 Å². The van der Waals surface area contributed by atoms with Crippen LogP contribution < -0.4 is 5.32 Å². The lowest BCUT2D eigenvalue weighted by molar-refractivity contribution is -0.141. The van der Waals surface area contributed by atoms with Crippen LogP contribution in [0, 0.1) is 5.92 Å². The highest BCUT2D eigenvalue weighted by Gasteiger charge is 2.41. The number of carboxylic acids is 1. The highest BCUT2D eigenvalue weighted by atomic mass is 32.2. The van der Waals surface area contributed by atoms with Crippen molar-refractivity contribution >= 4 is 23.8 Å². The van der Waals surface area contributed by atoms with Gasteiger partial charge in [0.05, 0.1) is 5.37 Å². The van der Waals surface area contributed by atoms with Crippen LogP contribution in [0.2, 0.25) is 0 Å². The van der Waals surface area contributed by atoms with Crippen LogP contribution in [0.25, 0.3) is 0 Å². The van der Waals surface area contributed by atoms with Gasteiger partial charge in [-0.3, -0.25) is 4.90 Å². The number of amides is 2. The van der Waals surface area contributed by atoms with E-state index in [-0.39, 0.29) is 17.4 Å². The van der Waals surface area contributed by atoms with E-state index in [2.05, 4.69) is 19.2 Å². The van der Waals surface area contributed by atoms with Gasteiger partial charge in [-0.15, -0.1) is 11.8 Å². The lowest BCUT2D eigenvalue weighted by Crippen LogP contribution is -2.52. The molecule has 2 amide bonds. The monoisotopic (exact) mass is 302 g/mol. The van der Waals surface area contributed by atoms with E-state index in [0.717, 1.165) is 19.3 Å². The van der Waals surface area contributed by atoms with Crippen LogP contribution in [-0.2, 0) is 4.79 Å². The summed E-state index contributed by atoms with van der Waals surface area (Å²) in [5.41, 5.74) is 0. The number of carboxylic acid groups (broad SMARTS) is 1. The zero-order valence-electron chi connectivity index (χ0n) is 12.8. The van der Waals surface area contributed by atoms with Crippen molar-refractivity contribution in [1.82, 2.24) is 10.2 Å². The van der Waals surface area contributed by atoms with Crippen LogP contribution in [0.1, 0.15) is 47.0 Å². The molecule has 1 fully saturated rings. The third-order valence-electron chi connectivity index (χ3n) is 3.34. The summed E-state index contributed by atoms with van der Waals surface area (Å²) in [6.07, 6.45) is 2.67. The molecule has 3 atom stereocenters. The average molecular weight is 302 g/mol. The molecule has 116 valence electrons. The molecule has 20 heavy (non-hydrogen) atoms. The molecule has 0 aliphatic carbocycles. The molecule has 1 rings (SSSR count). The summed E-state index contributed by atoms with van der Waals surface area (Å²) in [6, 6.07) is -0.887. The second-order valence-electron chi connectivity index (χ2n) is 5.82. The van der Waals surface area contributed by atoms with Crippen molar-refractivity contribution < 1.29 is 14.7 Å². The molecular weight excluding hydrogens is 276 g/mol. The van der Waals surface area contributed by atoms with Gasteiger partial charge < -0.3 is 10.4 Å². The highest BCUT2D eigenvalue weighted by molar-refractivity contribution is 8.00. The van der Waals surface area contributed by atoms with Crippen molar-refractivity contribution in [2.45, 2.75) is 64.4 Å². The Morgan fingerprint density at radius 3 is 2.55 bits per heavy atom. The number of nitrogens with one attached hydrogen (secondary N) is 1. The van der Waals surface area contributed by atoms with Crippen LogP contribution in [0.15, 0.2) is 0 Å². The molecule has 0 aromatic rings. The van der Waals surface area contributed by atoms with Gasteiger partial charge in [-0.25, -0.2) is 9.59 Å². The van der Waals surface area contributed by atoms with Gasteiger partial charge in [-0.05, 0) is 25.7 Å². The smallest absolute Gasteiger partial charge is 0.327 e. The van der Waals surface area contributed by atoms with Crippen molar-refractivity contribution in [1.29, 1.82) is 0 Å². The molecule has 1 aliphatic heterocycles. The molecule has 1 aliphatic rings. The van der Waals surface area contributed by atoms with E-state index in [1.54, 1.807) is 11.8 Å². The molecule has 5 nitrogen and oxygen atoms in total. The number of aliphatic carboxylic acids is 1. The Morgan fingerprint density at radius 1 is 1.40 bits per heavy atom. The van der Waals surface area contributed by atoms with E-state index in [4.69, 9.17) is 0 Å². The molecule has 0 saturated carbocycles. The van der Waals surface area contributed by atoms with Crippen molar-refractivity contribution in [3.8, 4) is 0 Å². The summed E-state index contributed by atoms with van der Waals surface area (Å²) in [4.78, 5) is 25.2. The zero-order chi connectivity index (χ0) is 15.3. The van der Waals surface area contributed by atoms with Gasteiger partial charge in [-0.2, -0.15) is 0 Å². The Kier molecular flexibility index (Phi) is 6.65. The maximum absolute atomic E-state index is 12.4. The number of carbonyl (C=O) groups is 2. The van der Waals surface area contributed by atoms with Gasteiger partial charge in [0.1, 0.15) is 6.04 Å². The van der Waals surface area contributed by atoms with Crippen LogP contribution in [-0.4, -0.2) is 45.2 Å². The minimum Gasteiger partial charge on any atom is -0.480 e. The maximum Gasteiger partial charge on any atom is 0.327 e. The quantitative estimate of drug-likeness (QED) is 0.791. The fourth-order valence-corrected chi connectivity index (χ4v) is 4.06. The summed E-state index contributed by atoms with van der Waals surface area (Å²) in [7, 11) is 0. The summed E-state index contributed by atoms with van der Waals surface area (Å²) in [5.74, 6) is 0.0640. The van der Waals surface area contributed by atoms with Gasteiger partial charge in [0.2, 0.25) is 0 Å². The molecule has 2 N–H and O–H groups in total. The summed E-state index contributed by atoms with van der Waals surface area (Å²) in [5, 5.41) is 12.2. The van der Waals surface area contributed by atoms with Crippen molar-refractivity contribution in [2.24, 2.45) is 5.92 Å². The SMILES string of the molecule is CCCC1SCC(C(=O)O)N1C(=O)NC(C)CC(C)C. The standard InChI is InChI=1S/C14H26N2O3S/c1-5-6-12-16(11(8-20-12)13(17)18)14(19)15-10(4)7-9(2)3/h9-12H,5-8H2,1-4H3,(H,15,19)(H,17,18). The molecule has 3 unspecified atom stereocenters. The van der Waals surface area contributed by atoms with E-state index >= 15 is 0 Å². The lowest BCUT2D eigenvalue weighted by Gasteiger charge is -2.29. The van der Waals surface area contributed by atoms with E-state index in [1.807, 2.05) is 13.8 Å². The minimum absolute atomic E-state index is 0.0210. The normalized spacial score (nSPS) is 23.9. The average Bonchev–Trinajstić information content (AvgIpc) is 2.72. The minimum atomic E-state index is -0.914. The Balaban J connectivity index is 2.70. The topological polar surface area (TPSA) is 69.6 Å². The number of hydrogen-bond donors (Lipinski definition) is 2. The number of nitrogens with zero attached hydrogens (tertiary/aromatic N) is 1. The van der Waals surface area contributed by atoms with Crippen LogP contribution >= 0.6 is 11.8 Å². The first kappa shape index (κ1) is 17.1. The number of thioether (sulfide) groups is 1. The Hall–Kier alpha value is -0.910. The Labute approximate surface area is 125 Å². The first-order chi connectivity index (χ1) is 9.36. The number of rotatable bonds is 6. The summed E-state index contributed by atoms with van der Waals surface area (Å²) >= 11 is 1.57. The predicted octanol–water partition coefficient (Wildman–Crippen LogP) is 2.76. The first-order valence-electron chi connectivity index (χ1n) is 7.30. The molecule has 6 heteroatoms. The molecule has 1 saturated heterocycles. The van der Waals surface area contributed by atoms with Crippen LogP contribution in [0.5, 0.6) is 0 Å². The van der Waals surface area contributed by atoms with E-state index in [9.17, 15) is 14.7 Å². The second-order valence-corrected chi connectivity index (χ2v) is 7.03. The van der Waals surface area contributed by atoms with E-state index < -0.39 is 12.0 Å². The van der Waals surface area contributed by atoms with Gasteiger partial charge in [0, 0.05) is 11.8 Å². The van der Waals surface area contributed by atoms with Crippen LogP contribution in [0.3, 0.4) is 0 Å². The zero-order valence-corrected chi connectivity index (χ0v) is 13.6. The first-order valence-corrected chi connectivity index (χ1v) is 8.34. The Morgan fingerprint density at radius 2 is 2.05 bits per heavy atom. The molecule has 1 heterocycles. The van der Waals surface area contributed by atoms with Gasteiger partial charge in [0.15, 0.2) is 0 Å². The van der Waals surface area contributed by atoms with E-state index in [1.165, 1.54) is 4.90 Å². The largest absolute Gasteiger partial charge is 0.480 e. The third-order valence-corrected chi connectivity index (χ3v) is 4.70. The summed E-state index contributed by atoms with van der Waals surface area (Å²) in [6.45, 7) is 8.22. The number of carbonyl (C=O) groups excluding carboxylic acids is 1. The highest BCUT2D eigenvalue weighted by Crippen LogP contribution is 2.32. The number of urea groups is 1. The van der Waals surface area contributed by atoms with E-state index in [0.29, 0.717) is 11.7 Å². The Bertz CT molecular complexity index is 349. The van der Waals surface area contributed by atoms with Gasteiger partial charge in [-0.1, -0.05) is 27.2 Å². The molecule has 0 aromatic carbocycles. The lowest BCUT2D eigenvalue weighted by atomic mass is 10.1. The predicted molar refractivity (Wildman–Crippen MR) is 81.9 cm³/mol.